The predicted octanol–water partition coefficient (Wildman–Crippen LogP) is 6.00. The van der Waals surface area contributed by atoms with E-state index in [0.29, 0.717) is 24.5 Å². The Morgan fingerprint density at radius 3 is 2.73 bits per heavy atom. The number of likely N-dealkylation sites (tertiary alicyclic amines) is 1. The molecular formula is C24H21F3N4O2. The summed E-state index contributed by atoms with van der Waals surface area (Å²) in [6.07, 6.45) is 3.24. The number of nitrogens with one attached hydrogen (secondary N) is 1. The molecular weight excluding hydrogens is 433 g/mol. The first-order valence-electron chi connectivity index (χ1n) is 10.3. The maximum Gasteiger partial charge on any atom is 0.417 e. The molecule has 0 saturated carbocycles. The van der Waals surface area contributed by atoms with Crippen molar-refractivity contribution in [3.8, 4) is 11.6 Å². The SMILES string of the molecule is O=C(Nc1cccnc1)N1CCC/C(=C/c2cccc(Oc3ccc(C(F)(F)F)cn3)c2)C1. The van der Waals surface area contributed by atoms with Crippen LogP contribution in [0.1, 0.15) is 24.0 Å². The Bertz CT molecular complexity index is 1130. The Balaban J connectivity index is 1.41. The van der Waals surface area contributed by atoms with Gasteiger partial charge in [0.25, 0.3) is 0 Å². The summed E-state index contributed by atoms with van der Waals surface area (Å²) in [7, 11) is 0. The topological polar surface area (TPSA) is 67.4 Å². The monoisotopic (exact) mass is 454 g/mol. The fourth-order valence-electron chi connectivity index (χ4n) is 3.46. The minimum Gasteiger partial charge on any atom is -0.439 e. The zero-order valence-corrected chi connectivity index (χ0v) is 17.5. The molecule has 0 atom stereocenters. The number of pyridine rings is 2. The van der Waals surface area contributed by atoms with Crippen LogP contribution >= 0.6 is 0 Å². The fraction of sp³-hybridized carbons (Fsp3) is 0.208. The van der Waals surface area contributed by atoms with Crippen LogP contribution in [0.15, 0.2) is 72.7 Å². The molecule has 3 aromatic rings. The smallest absolute Gasteiger partial charge is 0.417 e. The van der Waals surface area contributed by atoms with Gasteiger partial charge in [0, 0.05) is 31.5 Å². The lowest BCUT2D eigenvalue weighted by Crippen LogP contribution is -2.39. The maximum atomic E-state index is 12.7. The van der Waals surface area contributed by atoms with Crippen molar-refractivity contribution in [1.82, 2.24) is 14.9 Å². The Morgan fingerprint density at radius 1 is 1.12 bits per heavy atom. The summed E-state index contributed by atoms with van der Waals surface area (Å²) in [6, 6.07) is 12.6. The summed E-state index contributed by atoms with van der Waals surface area (Å²) in [5, 5.41) is 2.85. The van der Waals surface area contributed by atoms with Gasteiger partial charge >= 0.3 is 12.2 Å². The Kier molecular flexibility index (Phi) is 6.58. The van der Waals surface area contributed by atoms with E-state index < -0.39 is 11.7 Å². The molecule has 1 aliphatic rings. The number of amides is 2. The molecule has 33 heavy (non-hydrogen) atoms. The number of urea groups is 1. The van der Waals surface area contributed by atoms with Gasteiger partial charge in [0.2, 0.25) is 5.88 Å². The molecule has 9 heteroatoms. The highest BCUT2D eigenvalue weighted by molar-refractivity contribution is 5.89. The van der Waals surface area contributed by atoms with Crippen molar-refractivity contribution in [1.29, 1.82) is 0 Å². The normalized spacial score (nSPS) is 15.4. The van der Waals surface area contributed by atoms with Crippen LogP contribution in [0.3, 0.4) is 0 Å². The number of benzene rings is 1. The van der Waals surface area contributed by atoms with Gasteiger partial charge in [-0.05, 0) is 48.7 Å². The molecule has 0 spiro atoms. The number of piperidine rings is 1. The summed E-state index contributed by atoms with van der Waals surface area (Å²) in [5.41, 5.74) is 1.76. The Hall–Kier alpha value is -3.88. The van der Waals surface area contributed by atoms with E-state index >= 15 is 0 Å². The van der Waals surface area contributed by atoms with Gasteiger partial charge < -0.3 is 15.0 Å². The number of nitrogens with zero attached hydrogens (tertiary/aromatic N) is 3. The first kappa shape index (κ1) is 22.3. The van der Waals surface area contributed by atoms with E-state index in [4.69, 9.17) is 4.74 Å². The quantitative estimate of drug-likeness (QED) is 0.525. The van der Waals surface area contributed by atoms with E-state index in [1.807, 2.05) is 12.1 Å². The van der Waals surface area contributed by atoms with Crippen molar-refractivity contribution in [3.05, 3.63) is 83.8 Å². The van der Waals surface area contributed by atoms with E-state index in [9.17, 15) is 18.0 Å². The maximum absolute atomic E-state index is 12.7. The van der Waals surface area contributed by atoms with Gasteiger partial charge in [-0.3, -0.25) is 4.98 Å². The van der Waals surface area contributed by atoms with Crippen LogP contribution < -0.4 is 10.1 Å². The molecule has 6 nitrogen and oxygen atoms in total. The van der Waals surface area contributed by atoms with Gasteiger partial charge in [0.1, 0.15) is 5.75 Å². The van der Waals surface area contributed by atoms with E-state index in [0.717, 1.165) is 36.2 Å². The van der Waals surface area contributed by atoms with Crippen LogP contribution in [0.25, 0.3) is 6.08 Å². The second-order valence-corrected chi connectivity index (χ2v) is 7.56. The minimum absolute atomic E-state index is 0.0729. The van der Waals surface area contributed by atoms with Crippen molar-refractivity contribution in [3.63, 3.8) is 0 Å². The van der Waals surface area contributed by atoms with Crippen LogP contribution in [0.4, 0.5) is 23.7 Å². The molecule has 3 heterocycles. The predicted molar refractivity (Wildman–Crippen MR) is 118 cm³/mol. The molecule has 170 valence electrons. The van der Waals surface area contributed by atoms with Crippen LogP contribution in [-0.4, -0.2) is 34.0 Å². The van der Waals surface area contributed by atoms with Gasteiger partial charge in [0.05, 0.1) is 17.4 Å². The van der Waals surface area contributed by atoms with Crippen LogP contribution in [0.2, 0.25) is 0 Å². The molecule has 2 aromatic heterocycles. The third kappa shape index (κ3) is 6.09. The molecule has 1 aromatic carbocycles. The van der Waals surface area contributed by atoms with E-state index in [2.05, 4.69) is 15.3 Å². The van der Waals surface area contributed by atoms with Crippen LogP contribution in [0.5, 0.6) is 11.6 Å². The Labute approximate surface area is 188 Å². The number of carbonyl (C=O) groups is 1. The van der Waals surface area contributed by atoms with Crippen molar-refractivity contribution in [2.75, 3.05) is 18.4 Å². The first-order valence-corrected chi connectivity index (χ1v) is 10.3. The van der Waals surface area contributed by atoms with Crippen molar-refractivity contribution < 1.29 is 22.7 Å². The average Bonchev–Trinajstić information content (AvgIpc) is 2.80. The van der Waals surface area contributed by atoms with Crippen molar-refractivity contribution >= 4 is 17.8 Å². The van der Waals surface area contributed by atoms with Gasteiger partial charge in [-0.2, -0.15) is 13.2 Å². The van der Waals surface area contributed by atoms with Gasteiger partial charge in [-0.15, -0.1) is 0 Å². The summed E-state index contributed by atoms with van der Waals surface area (Å²) in [6.45, 7) is 1.16. The number of ether oxygens (including phenoxy) is 1. The standard InChI is InChI=1S/C24H21F3N4O2/c25-24(26,27)19-8-9-22(29-14-19)33-21-7-1-4-17(13-21)12-18-5-3-11-31(16-18)23(32)30-20-6-2-10-28-15-20/h1-2,4,6-10,12-15H,3,5,11,16H2,(H,30,32)/b18-12-. The molecule has 0 radical (unpaired) electrons. The number of rotatable bonds is 4. The molecule has 1 saturated heterocycles. The van der Waals surface area contributed by atoms with Crippen molar-refractivity contribution in [2.45, 2.75) is 19.0 Å². The molecule has 1 aliphatic heterocycles. The molecule has 4 rings (SSSR count). The molecule has 1 N–H and O–H groups in total. The third-order valence-electron chi connectivity index (χ3n) is 5.03. The highest BCUT2D eigenvalue weighted by atomic mass is 19.4. The van der Waals surface area contributed by atoms with Crippen LogP contribution in [-0.2, 0) is 6.18 Å². The summed E-state index contributed by atoms with van der Waals surface area (Å²) in [5.74, 6) is 0.530. The molecule has 0 bridgehead atoms. The number of hydrogen-bond acceptors (Lipinski definition) is 4. The van der Waals surface area contributed by atoms with Gasteiger partial charge in [0.15, 0.2) is 0 Å². The number of alkyl halides is 3. The minimum atomic E-state index is -4.44. The van der Waals surface area contributed by atoms with Gasteiger partial charge in [-0.25, -0.2) is 9.78 Å². The van der Waals surface area contributed by atoms with E-state index in [1.165, 1.54) is 6.07 Å². The summed E-state index contributed by atoms with van der Waals surface area (Å²) < 4.78 is 43.7. The second kappa shape index (κ2) is 9.72. The Morgan fingerprint density at radius 2 is 2.00 bits per heavy atom. The van der Waals surface area contributed by atoms with Crippen LogP contribution in [0, 0.1) is 0 Å². The largest absolute Gasteiger partial charge is 0.439 e. The number of carbonyl (C=O) groups excluding carboxylic acids is 1. The van der Waals surface area contributed by atoms with E-state index in [-0.39, 0.29) is 11.9 Å². The highest BCUT2D eigenvalue weighted by Crippen LogP contribution is 2.30. The number of anilines is 1. The van der Waals surface area contributed by atoms with Crippen molar-refractivity contribution in [2.24, 2.45) is 0 Å². The molecule has 0 aliphatic carbocycles. The number of hydrogen-bond donors (Lipinski definition) is 1. The number of halogens is 3. The first-order chi connectivity index (χ1) is 15.9. The summed E-state index contributed by atoms with van der Waals surface area (Å²) >= 11 is 0. The lowest BCUT2D eigenvalue weighted by Gasteiger charge is -2.29. The second-order valence-electron chi connectivity index (χ2n) is 7.56. The molecule has 1 fully saturated rings. The zero-order chi connectivity index (χ0) is 23.3. The molecule has 2 amide bonds. The van der Waals surface area contributed by atoms with Gasteiger partial charge in [-0.1, -0.05) is 23.8 Å². The summed E-state index contributed by atoms with van der Waals surface area (Å²) in [4.78, 5) is 22.0. The zero-order valence-electron chi connectivity index (χ0n) is 17.5. The molecule has 0 unspecified atom stereocenters. The van der Waals surface area contributed by atoms with E-state index in [1.54, 1.807) is 47.6 Å². The third-order valence-corrected chi connectivity index (χ3v) is 5.03. The number of aromatic nitrogens is 2. The highest BCUT2D eigenvalue weighted by Gasteiger charge is 2.30. The fourth-order valence-corrected chi connectivity index (χ4v) is 3.46. The lowest BCUT2D eigenvalue weighted by atomic mass is 10.0. The average molecular weight is 454 g/mol. The lowest BCUT2D eigenvalue weighted by molar-refractivity contribution is -0.137.